The van der Waals surface area contributed by atoms with Crippen LogP contribution in [0.25, 0.3) is 11.0 Å². The molecular weight excluding hydrogens is 188 g/mol. The van der Waals surface area contributed by atoms with Gasteiger partial charge in [-0.1, -0.05) is 26.2 Å². The normalized spacial score (nSPS) is 11.0. The van der Waals surface area contributed by atoms with Crippen LogP contribution < -0.4 is 0 Å². The highest BCUT2D eigenvalue weighted by molar-refractivity contribution is 5.72. The molecule has 80 valence electrons. The van der Waals surface area contributed by atoms with Crippen molar-refractivity contribution in [3.8, 4) is 0 Å². The van der Waals surface area contributed by atoms with Gasteiger partial charge in [0.2, 0.25) is 0 Å². The molecule has 0 unspecified atom stereocenters. The Morgan fingerprint density at radius 1 is 1.27 bits per heavy atom. The van der Waals surface area contributed by atoms with Gasteiger partial charge in [0.1, 0.15) is 5.82 Å². The van der Waals surface area contributed by atoms with E-state index in [1.54, 1.807) is 0 Å². The number of fused-ring (bicyclic) bond motifs is 1. The summed E-state index contributed by atoms with van der Waals surface area (Å²) in [6.07, 6.45) is 9.60. The SMILES string of the molecule is CCCCCCc1ncc2c[nH]nc2n1. The Labute approximate surface area is 89.1 Å². The molecule has 0 saturated heterocycles. The molecule has 0 amide bonds. The summed E-state index contributed by atoms with van der Waals surface area (Å²) < 4.78 is 0. The summed E-state index contributed by atoms with van der Waals surface area (Å²) in [4.78, 5) is 8.69. The molecule has 0 aliphatic carbocycles. The van der Waals surface area contributed by atoms with Crippen LogP contribution in [0.2, 0.25) is 0 Å². The molecule has 1 N–H and O–H groups in total. The first-order chi connectivity index (χ1) is 7.40. The van der Waals surface area contributed by atoms with E-state index in [1.807, 2.05) is 12.4 Å². The second-order valence-corrected chi connectivity index (χ2v) is 3.76. The Morgan fingerprint density at radius 2 is 2.20 bits per heavy atom. The predicted octanol–water partition coefficient (Wildman–Crippen LogP) is 2.48. The van der Waals surface area contributed by atoms with Crippen molar-refractivity contribution in [3.05, 3.63) is 18.2 Å². The van der Waals surface area contributed by atoms with Crippen LogP contribution in [0, 0.1) is 0 Å². The quantitative estimate of drug-likeness (QED) is 0.761. The summed E-state index contributed by atoms with van der Waals surface area (Å²) in [5.74, 6) is 0.908. The summed E-state index contributed by atoms with van der Waals surface area (Å²) in [5.41, 5.74) is 0.774. The monoisotopic (exact) mass is 204 g/mol. The Morgan fingerprint density at radius 3 is 3.07 bits per heavy atom. The molecule has 2 heterocycles. The van der Waals surface area contributed by atoms with Gasteiger partial charge in [-0.25, -0.2) is 9.97 Å². The summed E-state index contributed by atoms with van der Waals surface area (Å²) in [6.45, 7) is 2.21. The van der Waals surface area contributed by atoms with Crippen molar-refractivity contribution in [1.82, 2.24) is 20.2 Å². The molecule has 0 aromatic carbocycles. The maximum atomic E-state index is 4.38. The highest BCUT2D eigenvalue weighted by atomic mass is 15.1. The van der Waals surface area contributed by atoms with Gasteiger partial charge in [0.15, 0.2) is 5.65 Å². The number of unbranched alkanes of at least 4 members (excludes halogenated alkanes) is 3. The van der Waals surface area contributed by atoms with Gasteiger partial charge in [-0.15, -0.1) is 0 Å². The summed E-state index contributed by atoms with van der Waals surface area (Å²) in [6, 6.07) is 0. The molecule has 0 aliphatic heterocycles. The fraction of sp³-hybridized carbons (Fsp3) is 0.545. The van der Waals surface area contributed by atoms with Crippen molar-refractivity contribution in [3.63, 3.8) is 0 Å². The molecule has 0 fully saturated rings. The third-order valence-corrected chi connectivity index (χ3v) is 2.49. The van der Waals surface area contributed by atoms with E-state index in [2.05, 4.69) is 27.1 Å². The van der Waals surface area contributed by atoms with Gasteiger partial charge in [-0.3, -0.25) is 5.10 Å². The molecule has 2 aromatic rings. The number of rotatable bonds is 5. The molecule has 2 aromatic heterocycles. The molecule has 4 nitrogen and oxygen atoms in total. The van der Waals surface area contributed by atoms with Crippen molar-refractivity contribution in [1.29, 1.82) is 0 Å². The van der Waals surface area contributed by atoms with Crippen molar-refractivity contribution >= 4 is 11.0 Å². The topological polar surface area (TPSA) is 54.5 Å². The molecule has 0 aliphatic rings. The Bertz CT molecular complexity index is 421. The lowest BCUT2D eigenvalue weighted by atomic mass is 10.1. The lowest BCUT2D eigenvalue weighted by Gasteiger charge is -1.98. The van der Waals surface area contributed by atoms with Gasteiger partial charge in [0, 0.05) is 18.8 Å². The molecule has 0 bridgehead atoms. The molecule has 0 radical (unpaired) electrons. The van der Waals surface area contributed by atoms with Crippen molar-refractivity contribution < 1.29 is 0 Å². The number of H-pyrrole nitrogens is 1. The number of hydrogen-bond donors (Lipinski definition) is 1. The van der Waals surface area contributed by atoms with E-state index in [0.717, 1.165) is 23.3 Å². The van der Waals surface area contributed by atoms with Crippen LogP contribution >= 0.6 is 0 Å². The van der Waals surface area contributed by atoms with Gasteiger partial charge in [-0.05, 0) is 6.42 Å². The molecule has 2 rings (SSSR count). The van der Waals surface area contributed by atoms with Gasteiger partial charge in [-0.2, -0.15) is 5.10 Å². The van der Waals surface area contributed by atoms with E-state index >= 15 is 0 Å². The number of aromatic nitrogens is 4. The van der Waals surface area contributed by atoms with Crippen LogP contribution in [0.15, 0.2) is 12.4 Å². The fourth-order valence-corrected chi connectivity index (χ4v) is 1.60. The summed E-state index contributed by atoms with van der Waals surface area (Å²) >= 11 is 0. The van der Waals surface area contributed by atoms with Gasteiger partial charge >= 0.3 is 0 Å². The molecule has 15 heavy (non-hydrogen) atoms. The highest BCUT2D eigenvalue weighted by Gasteiger charge is 2.01. The third kappa shape index (κ3) is 2.52. The largest absolute Gasteiger partial charge is 0.283 e. The van der Waals surface area contributed by atoms with E-state index in [4.69, 9.17) is 0 Å². The van der Waals surface area contributed by atoms with Crippen LogP contribution in [0.1, 0.15) is 38.4 Å². The minimum absolute atomic E-state index is 0.774. The minimum Gasteiger partial charge on any atom is -0.283 e. The van der Waals surface area contributed by atoms with E-state index < -0.39 is 0 Å². The minimum atomic E-state index is 0.774. The first kappa shape index (κ1) is 10.1. The smallest absolute Gasteiger partial charge is 0.184 e. The number of nitrogens with zero attached hydrogens (tertiary/aromatic N) is 3. The second-order valence-electron chi connectivity index (χ2n) is 3.76. The zero-order valence-electron chi connectivity index (χ0n) is 9.03. The van der Waals surface area contributed by atoms with Crippen molar-refractivity contribution in [2.45, 2.75) is 39.0 Å². The van der Waals surface area contributed by atoms with Crippen LogP contribution in [0.4, 0.5) is 0 Å². The van der Waals surface area contributed by atoms with Crippen LogP contribution in [0.3, 0.4) is 0 Å². The summed E-state index contributed by atoms with van der Waals surface area (Å²) in [5, 5.41) is 7.82. The Balaban J connectivity index is 1.96. The van der Waals surface area contributed by atoms with Crippen LogP contribution in [-0.4, -0.2) is 20.2 Å². The zero-order valence-corrected chi connectivity index (χ0v) is 9.03. The number of hydrogen-bond acceptors (Lipinski definition) is 3. The standard InChI is InChI=1S/C11H16N4/c1-2-3-4-5-6-10-12-7-9-8-13-15-11(9)14-10/h7-8H,2-6H2,1H3,(H,12,13,14,15). The van der Waals surface area contributed by atoms with E-state index in [0.29, 0.717) is 0 Å². The van der Waals surface area contributed by atoms with E-state index in [-0.39, 0.29) is 0 Å². The van der Waals surface area contributed by atoms with Gasteiger partial charge in [0.25, 0.3) is 0 Å². The van der Waals surface area contributed by atoms with Crippen LogP contribution in [-0.2, 0) is 6.42 Å². The average molecular weight is 204 g/mol. The molecule has 0 saturated carbocycles. The Kier molecular flexibility index (Phi) is 3.27. The first-order valence-corrected chi connectivity index (χ1v) is 5.55. The van der Waals surface area contributed by atoms with E-state index in [9.17, 15) is 0 Å². The maximum Gasteiger partial charge on any atom is 0.184 e. The first-order valence-electron chi connectivity index (χ1n) is 5.55. The number of aryl methyl sites for hydroxylation is 1. The Hall–Kier alpha value is -1.45. The van der Waals surface area contributed by atoms with Crippen molar-refractivity contribution in [2.75, 3.05) is 0 Å². The molecule has 0 atom stereocenters. The number of nitrogens with one attached hydrogen (secondary N) is 1. The molecular formula is C11H16N4. The average Bonchev–Trinajstić information content (AvgIpc) is 2.71. The fourth-order valence-electron chi connectivity index (χ4n) is 1.60. The van der Waals surface area contributed by atoms with Gasteiger partial charge in [0.05, 0.1) is 5.39 Å². The zero-order chi connectivity index (χ0) is 10.5. The third-order valence-electron chi connectivity index (χ3n) is 2.49. The highest BCUT2D eigenvalue weighted by Crippen LogP contribution is 2.08. The maximum absolute atomic E-state index is 4.38. The predicted molar refractivity (Wildman–Crippen MR) is 59.5 cm³/mol. The lowest BCUT2D eigenvalue weighted by Crippen LogP contribution is -1.94. The van der Waals surface area contributed by atoms with Crippen molar-refractivity contribution in [2.24, 2.45) is 0 Å². The van der Waals surface area contributed by atoms with Crippen LogP contribution in [0.5, 0.6) is 0 Å². The second kappa shape index (κ2) is 4.87. The lowest BCUT2D eigenvalue weighted by molar-refractivity contribution is 0.653. The summed E-state index contributed by atoms with van der Waals surface area (Å²) in [7, 11) is 0. The molecule has 4 heteroatoms. The van der Waals surface area contributed by atoms with E-state index in [1.165, 1.54) is 25.7 Å². The molecule has 0 spiro atoms. The number of aromatic amines is 1. The van der Waals surface area contributed by atoms with Gasteiger partial charge < -0.3 is 0 Å².